The number of aromatic nitrogens is 1. The molecule has 1 aromatic heterocycles. The number of carbonyl (C=O) groups excluding carboxylic acids is 1. The van der Waals surface area contributed by atoms with Gasteiger partial charge in [-0.1, -0.05) is 59.9 Å². The highest BCUT2D eigenvalue weighted by atomic mass is 35.5. The van der Waals surface area contributed by atoms with Crippen molar-refractivity contribution in [1.82, 2.24) is 20.7 Å². The molecular weight excluding hydrogens is 640 g/mol. The highest BCUT2D eigenvalue weighted by Gasteiger charge is 2.56. The molecule has 10 nitrogen and oxygen atoms in total. The maximum Gasteiger partial charge on any atom is 0.220 e. The van der Waals surface area contributed by atoms with E-state index in [1.807, 2.05) is 76.5 Å². The second kappa shape index (κ2) is 16.9. The molecular formula is C38H51ClN6O4. The predicted octanol–water partition coefficient (Wildman–Crippen LogP) is 6.59. The third kappa shape index (κ3) is 8.95. The van der Waals surface area contributed by atoms with Crippen LogP contribution in [0.5, 0.6) is 5.75 Å². The quantitative estimate of drug-likeness (QED) is 0.162. The number of nitrogens with one attached hydrogen (secondary N) is 3. The van der Waals surface area contributed by atoms with Crippen LogP contribution in [0.25, 0.3) is 11.3 Å². The number of hydrogen-bond donors (Lipinski definition) is 3. The zero-order valence-corrected chi connectivity index (χ0v) is 30.2. The van der Waals surface area contributed by atoms with Crippen LogP contribution in [0.3, 0.4) is 0 Å². The van der Waals surface area contributed by atoms with E-state index in [0.717, 1.165) is 43.5 Å². The lowest BCUT2D eigenvalue weighted by atomic mass is 9.57. The predicted molar refractivity (Wildman–Crippen MR) is 192 cm³/mol. The van der Waals surface area contributed by atoms with Crippen molar-refractivity contribution in [3.05, 3.63) is 64.8 Å². The van der Waals surface area contributed by atoms with Gasteiger partial charge in [0.05, 0.1) is 35.2 Å². The largest absolute Gasteiger partial charge is 0.486 e. The van der Waals surface area contributed by atoms with Crippen molar-refractivity contribution in [1.29, 1.82) is 5.26 Å². The lowest BCUT2D eigenvalue weighted by molar-refractivity contribution is -0.126. The van der Waals surface area contributed by atoms with Crippen molar-refractivity contribution in [2.45, 2.75) is 90.1 Å². The smallest absolute Gasteiger partial charge is 0.220 e. The molecule has 6 unspecified atom stereocenters. The summed E-state index contributed by atoms with van der Waals surface area (Å²) in [5.41, 5.74) is 3.31. The summed E-state index contributed by atoms with van der Waals surface area (Å²) in [6.45, 7) is 8.44. The van der Waals surface area contributed by atoms with Crippen LogP contribution in [0.1, 0.15) is 63.6 Å². The van der Waals surface area contributed by atoms with Crippen molar-refractivity contribution < 1.29 is 18.8 Å². The Labute approximate surface area is 295 Å². The number of hydrogen-bond acceptors (Lipinski definition) is 9. The number of nitriles is 1. The molecule has 5 rings (SSSR count). The second-order valence-electron chi connectivity index (χ2n) is 13.8. The minimum Gasteiger partial charge on any atom is -0.486 e. The molecule has 3 N–H and O–H groups in total. The van der Waals surface area contributed by atoms with Gasteiger partial charge in [-0.15, -0.1) is 0 Å². The minimum absolute atomic E-state index is 0.0473. The van der Waals surface area contributed by atoms with Crippen LogP contribution in [-0.4, -0.2) is 74.0 Å². The first-order valence-electron chi connectivity index (χ1n) is 17.6. The number of piperidine rings is 1. The number of benzene rings is 2. The van der Waals surface area contributed by atoms with E-state index in [0.29, 0.717) is 48.2 Å². The molecule has 0 radical (unpaired) electrons. The van der Waals surface area contributed by atoms with Gasteiger partial charge in [-0.05, 0) is 78.4 Å². The molecule has 11 heteroatoms. The van der Waals surface area contributed by atoms with Gasteiger partial charge >= 0.3 is 0 Å². The third-order valence-electron chi connectivity index (χ3n) is 9.96. The average molecular weight is 691 g/mol. The Balaban J connectivity index is 1.32. The Morgan fingerprint density at radius 3 is 2.69 bits per heavy atom. The van der Waals surface area contributed by atoms with Gasteiger partial charge in [0.15, 0.2) is 5.76 Å². The normalized spacial score (nSPS) is 25.0. The van der Waals surface area contributed by atoms with Crippen molar-refractivity contribution in [3.63, 3.8) is 0 Å². The molecule has 49 heavy (non-hydrogen) atoms. The molecule has 1 aliphatic heterocycles. The van der Waals surface area contributed by atoms with Gasteiger partial charge < -0.3 is 34.8 Å². The van der Waals surface area contributed by atoms with Gasteiger partial charge in [0.2, 0.25) is 5.91 Å². The zero-order valence-electron chi connectivity index (χ0n) is 29.4. The molecule has 1 saturated heterocycles. The topological polar surface area (TPSA) is 125 Å². The molecule has 2 aliphatic rings. The van der Waals surface area contributed by atoms with Gasteiger partial charge in [-0.25, -0.2) is 0 Å². The summed E-state index contributed by atoms with van der Waals surface area (Å²) in [6, 6.07) is 18.0. The Morgan fingerprint density at radius 1 is 1.20 bits per heavy atom. The SMILES string of the molecule is CCCC12CC(NC(=O)CCCN(C)C)C(OCC)CC1NCC(C#N)C2Nc1ccc(OCc2cc(-c3ccc(C)cc3)on2)c(Cl)c1. The van der Waals surface area contributed by atoms with Crippen molar-refractivity contribution >= 4 is 23.2 Å². The molecule has 0 bridgehead atoms. The summed E-state index contributed by atoms with van der Waals surface area (Å²) in [4.78, 5) is 15.2. The summed E-state index contributed by atoms with van der Waals surface area (Å²) in [5.74, 6) is 0.974. The first kappa shape index (κ1) is 36.7. The lowest BCUT2D eigenvalue weighted by Crippen LogP contribution is -2.69. The fourth-order valence-corrected chi connectivity index (χ4v) is 7.88. The Bertz CT molecular complexity index is 1570. The number of anilines is 1. The van der Waals surface area contributed by atoms with E-state index < -0.39 is 0 Å². The monoisotopic (exact) mass is 690 g/mol. The Kier molecular flexibility index (Phi) is 12.6. The molecule has 2 fully saturated rings. The molecule has 264 valence electrons. The highest BCUT2D eigenvalue weighted by Crippen LogP contribution is 2.49. The molecule has 2 heterocycles. The molecule has 1 aliphatic carbocycles. The first-order chi connectivity index (χ1) is 23.6. The molecule has 2 aromatic carbocycles. The van der Waals surface area contributed by atoms with Crippen LogP contribution in [-0.2, 0) is 16.1 Å². The number of nitrogens with zero attached hydrogens (tertiary/aromatic N) is 3. The standard InChI is InChI=1S/C38H51ClN6O4/c1-6-16-38-21-31(43-36(46)9-8-17-45(4)5)34(47-7-2)20-35(38)41-23-27(22-40)37(38)42-28-14-15-32(30(39)18-28)48-24-29-19-33(49-44-29)26-12-10-25(3)11-13-26/h10-15,18-19,27,31,34-35,37,41-42H,6-9,16-17,20-21,23-24H2,1-5H3,(H,43,46). The van der Waals surface area contributed by atoms with Crippen molar-refractivity contribution in [2.24, 2.45) is 11.3 Å². The number of carbonyl (C=O) groups is 1. The summed E-state index contributed by atoms with van der Waals surface area (Å²) in [6.07, 6.45) is 4.46. The fourth-order valence-electron chi connectivity index (χ4n) is 7.64. The minimum atomic E-state index is -0.299. The van der Waals surface area contributed by atoms with Crippen LogP contribution in [0.15, 0.2) is 53.1 Å². The van der Waals surface area contributed by atoms with Crippen LogP contribution in [0, 0.1) is 29.6 Å². The number of rotatable bonds is 15. The number of fused-ring (bicyclic) bond motifs is 1. The molecule has 3 aromatic rings. The van der Waals surface area contributed by atoms with Gasteiger partial charge in [-0.2, -0.15) is 5.26 Å². The van der Waals surface area contributed by atoms with E-state index in [1.54, 1.807) is 0 Å². The summed E-state index contributed by atoms with van der Waals surface area (Å²) in [5, 5.41) is 25.8. The van der Waals surface area contributed by atoms with Crippen molar-refractivity contribution in [2.75, 3.05) is 39.1 Å². The van der Waals surface area contributed by atoms with E-state index >= 15 is 0 Å². The average Bonchev–Trinajstić information content (AvgIpc) is 3.55. The van der Waals surface area contributed by atoms with E-state index in [1.165, 1.54) is 5.56 Å². The molecule has 0 spiro atoms. The van der Waals surface area contributed by atoms with Crippen molar-refractivity contribution in [3.8, 4) is 23.1 Å². The van der Waals surface area contributed by atoms with E-state index in [-0.39, 0.29) is 48.1 Å². The highest BCUT2D eigenvalue weighted by molar-refractivity contribution is 6.32. The first-order valence-corrected chi connectivity index (χ1v) is 17.9. The van der Waals surface area contributed by atoms with Crippen LogP contribution in [0.4, 0.5) is 5.69 Å². The van der Waals surface area contributed by atoms with Gasteiger partial charge in [0.25, 0.3) is 0 Å². The van der Waals surface area contributed by atoms with E-state index in [2.05, 4.69) is 39.0 Å². The third-order valence-corrected chi connectivity index (χ3v) is 10.3. The number of ether oxygens (including phenoxy) is 2. The van der Waals surface area contributed by atoms with Gasteiger partial charge in [0, 0.05) is 48.3 Å². The summed E-state index contributed by atoms with van der Waals surface area (Å²) < 4.78 is 17.8. The van der Waals surface area contributed by atoms with Crippen LogP contribution < -0.4 is 20.7 Å². The Morgan fingerprint density at radius 2 is 2.00 bits per heavy atom. The number of amides is 1. The molecule has 1 saturated carbocycles. The number of halogens is 1. The van der Waals surface area contributed by atoms with Crippen LogP contribution >= 0.6 is 11.6 Å². The van der Waals surface area contributed by atoms with E-state index in [9.17, 15) is 10.1 Å². The van der Waals surface area contributed by atoms with Crippen LogP contribution in [0.2, 0.25) is 5.02 Å². The fraction of sp³-hybridized carbons (Fsp3) is 0.553. The lowest BCUT2D eigenvalue weighted by Gasteiger charge is -2.58. The number of aryl methyl sites for hydroxylation is 1. The van der Waals surface area contributed by atoms with E-state index in [4.69, 9.17) is 25.6 Å². The Hall–Kier alpha value is -3.62. The summed E-state index contributed by atoms with van der Waals surface area (Å²) >= 11 is 6.77. The maximum absolute atomic E-state index is 13.1. The second-order valence-corrected chi connectivity index (χ2v) is 14.2. The van der Waals surface area contributed by atoms with Gasteiger partial charge in [-0.3, -0.25) is 4.79 Å². The van der Waals surface area contributed by atoms with Gasteiger partial charge in [0.1, 0.15) is 18.1 Å². The molecule has 6 atom stereocenters. The maximum atomic E-state index is 13.1. The summed E-state index contributed by atoms with van der Waals surface area (Å²) in [7, 11) is 4.03. The zero-order chi connectivity index (χ0) is 35.0. The molecule has 1 amide bonds.